The minimum Gasteiger partial charge on any atom is -0.467 e. The Morgan fingerprint density at radius 1 is 1.28 bits per heavy atom. The van der Waals surface area contributed by atoms with Gasteiger partial charge >= 0.3 is 0 Å². The van der Waals surface area contributed by atoms with Gasteiger partial charge in [-0.25, -0.2) is 0 Å². The van der Waals surface area contributed by atoms with Crippen LogP contribution in [0.25, 0.3) is 0 Å². The Morgan fingerprint density at radius 2 is 2.07 bits per heavy atom. The van der Waals surface area contributed by atoms with Gasteiger partial charge in [-0.05, 0) is 69.7 Å². The number of hydrogen-bond acceptors (Lipinski definition) is 4. The van der Waals surface area contributed by atoms with Crippen molar-refractivity contribution in [2.75, 3.05) is 18.4 Å². The summed E-state index contributed by atoms with van der Waals surface area (Å²) in [6.07, 6.45) is 9.20. The highest BCUT2D eigenvalue weighted by molar-refractivity contribution is 5.93. The van der Waals surface area contributed by atoms with Crippen molar-refractivity contribution in [3.05, 3.63) is 41.0 Å². The number of nitriles is 1. The van der Waals surface area contributed by atoms with Gasteiger partial charge in [-0.2, -0.15) is 5.26 Å². The zero-order valence-corrected chi connectivity index (χ0v) is 17.4. The molecule has 1 N–H and O–H groups in total. The third kappa shape index (κ3) is 3.97. The monoisotopic (exact) mass is 394 g/mol. The normalized spacial score (nSPS) is 22.1. The number of nitrogens with one attached hydrogen (secondary N) is 1. The second-order valence-corrected chi connectivity index (χ2v) is 8.48. The fraction of sp³-hybridized carbons (Fsp3) is 0.565. The Hall–Kier alpha value is -2.52. The second kappa shape index (κ2) is 8.46. The van der Waals surface area contributed by atoms with E-state index in [1.54, 1.807) is 6.26 Å². The summed E-state index contributed by atoms with van der Waals surface area (Å²) in [5.41, 5.74) is 2.41. The van der Waals surface area contributed by atoms with Gasteiger partial charge in [-0.1, -0.05) is 12.8 Å². The SMILES string of the molecule is Cc1c(C#N)c(NC(=O)CN2CCC[C@@H]3CCCC[C@@H]32)n(Cc2ccco2)c1C. The Balaban J connectivity index is 1.53. The predicted octanol–water partition coefficient (Wildman–Crippen LogP) is 4.21. The molecule has 0 unspecified atom stereocenters. The van der Waals surface area contributed by atoms with Crippen molar-refractivity contribution in [2.45, 2.75) is 65.0 Å². The minimum atomic E-state index is -0.0362. The standard InChI is InChI=1S/C23H30N4O2/c1-16-17(2)27(14-19-9-6-12-29-19)23(20(16)13-24)25-22(28)15-26-11-5-8-18-7-3-4-10-21(18)26/h6,9,12,18,21H,3-5,7-8,10-11,14-15H2,1-2H3,(H,25,28)/t18-,21-/m0/s1. The number of aromatic nitrogens is 1. The van der Waals surface area contributed by atoms with Gasteiger partial charge in [0.25, 0.3) is 0 Å². The minimum absolute atomic E-state index is 0.0362. The summed E-state index contributed by atoms with van der Waals surface area (Å²) in [4.78, 5) is 15.4. The Kier molecular flexibility index (Phi) is 5.77. The highest BCUT2D eigenvalue weighted by Gasteiger charge is 2.34. The predicted molar refractivity (Wildman–Crippen MR) is 112 cm³/mol. The lowest BCUT2D eigenvalue weighted by atomic mass is 9.78. The Bertz CT molecular complexity index is 904. The topological polar surface area (TPSA) is 74.2 Å². The lowest BCUT2D eigenvalue weighted by Crippen LogP contribution is -2.49. The van der Waals surface area contributed by atoms with Crippen molar-refractivity contribution in [1.82, 2.24) is 9.47 Å². The van der Waals surface area contributed by atoms with Crippen molar-refractivity contribution in [2.24, 2.45) is 5.92 Å². The van der Waals surface area contributed by atoms with E-state index in [0.29, 0.717) is 30.5 Å². The number of furan rings is 1. The van der Waals surface area contributed by atoms with Crippen LogP contribution in [0.1, 0.15) is 61.1 Å². The highest BCUT2D eigenvalue weighted by Crippen LogP contribution is 2.35. The maximum atomic E-state index is 13.0. The number of carbonyl (C=O) groups is 1. The summed E-state index contributed by atoms with van der Waals surface area (Å²) in [7, 11) is 0. The van der Waals surface area contributed by atoms with Crippen LogP contribution in [0, 0.1) is 31.1 Å². The fourth-order valence-corrected chi connectivity index (χ4v) is 5.17. The van der Waals surface area contributed by atoms with E-state index in [1.807, 2.05) is 30.5 Å². The molecule has 1 amide bonds. The summed E-state index contributed by atoms with van der Waals surface area (Å²) in [6, 6.07) is 6.57. The molecule has 1 saturated carbocycles. The van der Waals surface area contributed by atoms with Gasteiger partial charge in [0.1, 0.15) is 17.6 Å². The number of fused-ring (bicyclic) bond motifs is 1. The van der Waals surface area contributed by atoms with Crippen molar-refractivity contribution < 1.29 is 9.21 Å². The molecule has 154 valence electrons. The van der Waals surface area contributed by atoms with Gasteiger partial charge in [0.05, 0.1) is 24.9 Å². The first-order chi connectivity index (χ1) is 14.1. The van der Waals surface area contributed by atoms with E-state index in [9.17, 15) is 10.1 Å². The van der Waals surface area contributed by atoms with E-state index < -0.39 is 0 Å². The van der Waals surface area contributed by atoms with Gasteiger partial charge in [0.2, 0.25) is 5.91 Å². The van der Waals surface area contributed by atoms with Crippen molar-refractivity contribution in [3.8, 4) is 6.07 Å². The Morgan fingerprint density at radius 3 is 2.83 bits per heavy atom. The van der Waals surface area contributed by atoms with E-state index in [4.69, 9.17) is 4.42 Å². The molecular formula is C23H30N4O2. The third-order valence-electron chi connectivity index (χ3n) is 6.80. The number of anilines is 1. The van der Waals surface area contributed by atoms with Gasteiger partial charge in [-0.15, -0.1) is 0 Å². The van der Waals surface area contributed by atoms with Gasteiger partial charge in [-0.3, -0.25) is 9.69 Å². The van der Waals surface area contributed by atoms with Gasteiger partial charge in [0.15, 0.2) is 0 Å². The zero-order valence-electron chi connectivity index (χ0n) is 17.4. The largest absolute Gasteiger partial charge is 0.467 e. The molecule has 2 aliphatic rings. The van der Waals surface area contributed by atoms with Crippen LogP contribution in [0.4, 0.5) is 5.82 Å². The number of nitrogens with zero attached hydrogens (tertiary/aromatic N) is 3. The van der Waals surface area contributed by atoms with Crippen LogP contribution in [-0.2, 0) is 11.3 Å². The molecule has 2 atom stereocenters. The molecule has 1 saturated heterocycles. The fourth-order valence-electron chi connectivity index (χ4n) is 5.17. The third-order valence-corrected chi connectivity index (χ3v) is 6.80. The molecule has 0 aromatic carbocycles. The summed E-state index contributed by atoms with van der Waals surface area (Å²) in [6.45, 7) is 5.79. The Labute approximate surface area is 172 Å². The molecule has 6 nitrogen and oxygen atoms in total. The number of piperidine rings is 1. The van der Waals surface area contributed by atoms with E-state index >= 15 is 0 Å². The summed E-state index contributed by atoms with van der Waals surface area (Å²) in [5, 5.41) is 12.8. The molecule has 4 rings (SSSR count). The average molecular weight is 395 g/mol. The highest BCUT2D eigenvalue weighted by atomic mass is 16.3. The quantitative estimate of drug-likeness (QED) is 0.824. The van der Waals surface area contributed by atoms with Crippen molar-refractivity contribution in [1.29, 1.82) is 5.26 Å². The molecule has 0 spiro atoms. The number of rotatable bonds is 5. The number of likely N-dealkylation sites (tertiary alicyclic amines) is 1. The maximum absolute atomic E-state index is 13.0. The lowest BCUT2D eigenvalue weighted by molar-refractivity contribution is -0.119. The van der Waals surface area contributed by atoms with Gasteiger partial charge < -0.3 is 14.3 Å². The van der Waals surface area contributed by atoms with Crippen molar-refractivity contribution >= 4 is 11.7 Å². The molecule has 2 aromatic heterocycles. The van der Waals surface area contributed by atoms with E-state index in [1.165, 1.54) is 38.5 Å². The van der Waals surface area contributed by atoms with Crippen molar-refractivity contribution in [3.63, 3.8) is 0 Å². The first-order valence-electron chi connectivity index (χ1n) is 10.7. The molecule has 2 fully saturated rings. The smallest absolute Gasteiger partial charge is 0.239 e. The first-order valence-corrected chi connectivity index (χ1v) is 10.7. The molecule has 29 heavy (non-hydrogen) atoms. The number of hydrogen-bond donors (Lipinski definition) is 1. The molecule has 3 heterocycles. The summed E-state index contributed by atoms with van der Waals surface area (Å²) >= 11 is 0. The molecule has 1 aliphatic heterocycles. The molecule has 1 aliphatic carbocycles. The molecule has 2 aromatic rings. The second-order valence-electron chi connectivity index (χ2n) is 8.48. The van der Waals surface area contributed by atoms with Crippen LogP contribution in [-0.4, -0.2) is 34.5 Å². The van der Waals surface area contributed by atoms with Crippen LogP contribution < -0.4 is 5.32 Å². The van der Waals surface area contributed by atoms with Crippen LogP contribution in [0.15, 0.2) is 22.8 Å². The summed E-state index contributed by atoms with van der Waals surface area (Å²) < 4.78 is 7.47. The molecule has 0 bridgehead atoms. The van der Waals surface area contributed by atoms with E-state index in [0.717, 1.165) is 29.5 Å². The molecular weight excluding hydrogens is 364 g/mol. The molecule has 0 radical (unpaired) electrons. The first kappa shape index (κ1) is 19.8. The van der Waals surface area contributed by atoms with E-state index in [2.05, 4.69) is 16.3 Å². The zero-order chi connectivity index (χ0) is 20.4. The van der Waals surface area contributed by atoms with Gasteiger partial charge in [0, 0.05) is 11.7 Å². The van der Waals surface area contributed by atoms with Crippen LogP contribution in [0.3, 0.4) is 0 Å². The number of carbonyl (C=O) groups excluding carboxylic acids is 1. The van der Waals surface area contributed by atoms with Crippen LogP contribution in [0.5, 0.6) is 0 Å². The molecule has 6 heteroatoms. The van der Waals surface area contributed by atoms with Crippen LogP contribution in [0.2, 0.25) is 0 Å². The van der Waals surface area contributed by atoms with Crippen LogP contribution >= 0.6 is 0 Å². The van der Waals surface area contributed by atoms with E-state index in [-0.39, 0.29) is 5.91 Å². The number of amides is 1. The maximum Gasteiger partial charge on any atom is 0.239 e. The summed E-state index contributed by atoms with van der Waals surface area (Å²) in [5.74, 6) is 2.09. The average Bonchev–Trinajstić information content (AvgIpc) is 3.31. The lowest BCUT2D eigenvalue weighted by Gasteiger charge is -2.43.